The summed E-state index contributed by atoms with van der Waals surface area (Å²) in [5, 5.41) is 3.36. The van der Waals surface area contributed by atoms with E-state index in [2.05, 4.69) is 57.1 Å². The summed E-state index contributed by atoms with van der Waals surface area (Å²) in [4.78, 5) is 2.35. The highest BCUT2D eigenvalue weighted by Gasteiger charge is 2.11. The molecule has 0 amide bonds. The quantitative estimate of drug-likeness (QED) is 0.768. The van der Waals surface area contributed by atoms with Gasteiger partial charge in [0.1, 0.15) is 11.5 Å². The summed E-state index contributed by atoms with van der Waals surface area (Å²) < 4.78 is 5.83. The maximum Gasteiger partial charge on any atom is 0.118 e. The first-order chi connectivity index (χ1) is 8.52. The summed E-state index contributed by atoms with van der Waals surface area (Å²) in [6.07, 6.45) is 2.46. The van der Waals surface area contributed by atoms with Gasteiger partial charge < -0.3 is 9.73 Å². The van der Waals surface area contributed by atoms with Gasteiger partial charge in [-0.3, -0.25) is 4.90 Å². The van der Waals surface area contributed by atoms with Crippen molar-refractivity contribution in [2.75, 3.05) is 7.05 Å². The Kier molecular flexibility index (Phi) is 6.44. The molecule has 3 nitrogen and oxygen atoms in total. The summed E-state index contributed by atoms with van der Waals surface area (Å²) in [7, 11) is 2.16. The molecule has 0 bridgehead atoms. The molecule has 0 saturated heterocycles. The van der Waals surface area contributed by atoms with Gasteiger partial charge in [0, 0.05) is 12.1 Å². The van der Waals surface area contributed by atoms with E-state index in [4.69, 9.17) is 4.42 Å². The van der Waals surface area contributed by atoms with Crippen LogP contribution in [0.15, 0.2) is 16.5 Å². The molecule has 0 radical (unpaired) electrons. The standard InChI is InChI=1S/C15H28N2O/c1-6-7-13(4)17(5)11-15-9-8-14(18-15)10-16-12(2)3/h8-9,12-13,16H,6-7,10-11H2,1-5H3. The minimum absolute atomic E-state index is 0.491. The molecule has 0 aliphatic rings. The molecule has 1 aromatic rings. The lowest BCUT2D eigenvalue weighted by Crippen LogP contribution is -2.28. The largest absolute Gasteiger partial charge is 0.463 e. The average Bonchev–Trinajstić information content (AvgIpc) is 2.74. The summed E-state index contributed by atoms with van der Waals surface area (Å²) in [5.41, 5.74) is 0. The van der Waals surface area contributed by atoms with Gasteiger partial charge in [-0.2, -0.15) is 0 Å². The Bertz CT molecular complexity index is 333. The zero-order valence-electron chi connectivity index (χ0n) is 12.5. The third-order valence-corrected chi connectivity index (χ3v) is 3.27. The fourth-order valence-electron chi connectivity index (χ4n) is 1.95. The van der Waals surface area contributed by atoms with Crippen LogP contribution in [0.25, 0.3) is 0 Å². The van der Waals surface area contributed by atoms with Crippen LogP contribution in [0.2, 0.25) is 0 Å². The van der Waals surface area contributed by atoms with E-state index in [1.165, 1.54) is 12.8 Å². The van der Waals surface area contributed by atoms with Gasteiger partial charge in [0.05, 0.1) is 13.1 Å². The maximum absolute atomic E-state index is 5.83. The zero-order chi connectivity index (χ0) is 13.5. The van der Waals surface area contributed by atoms with Crippen LogP contribution in [0.3, 0.4) is 0 Å². The summed E-state index contributed by atoms with van der Waals surface area (Å²) in [5.74, 6) is 2.08. The Morgan fingerprint density at radius 2 is 1.89 bits per heavy atom. The number of hydrogen-bond acceptors (Lipinski definition) is 3. The minimum Gasteiger partial charge on any atom is -0.463 e. The second kappa shape index (κ2) is 7.59. The molecular formula is C15H28N2O. The van der Waals surface area contributed by atoms with Crippen LogP contribution >= 0.6 is 0 Å². The summed E-state index contributed by atoms with van der Waals surface area (Å²) in [6.45, 7) is 10.5. The average molecular weight is 252 g/mol. The maximum atomic E-state index is 5.83. The molecule has 1 N–H and O–H groups in total. The van der Waals surface area contributed by atoms with Crippen molar-refractivity contribution in [3.8, 4) is 0 Å². The molecule has 3 heteroatoms. The first kappa shape index (κ1) is 15.3. The van der Waals surface area contributed by atoms with Crippen molar-refractivity contribution in [3.63, 3.8) is 0 Å². The Labute approximate surface area is 112 Å². The lowest BCUT2D eigenvalue weighted by molar-refractivity contribution is 0.217. The van der Waals surface area contributed by atoms with Crippen molar-refractivity contribution in [1.82, 2.24) is 10.2 Å². The molecule has 0 spiro atoms. The zero-order valence-corrected chi connectivity index (χ0v) is 12.5. The molecule has 1 heterocycles. The topological polar surface area (TPSA) is 28.4 Å². The van der Waals surface area contributed by atoms with Crippen molar-refractivity contribution in [1.29, 1.82) is 0 Å². The van der Waals surface area contributed by atoms with Crippen LogP contribution in [0.5, 0.6) is 0 Å². The third-order valence-electron chi connectivity index (χ3n) is 3.27. The van der Waals surface area contributed by atoms with E-state index >= 15 is 0 Å². The van der Waals surface area contributed by atoms with Crippen molar-refractivity contribution in [2.24, 2.45) is 0 Å². The molecule has 1 rings (SSSR count). The monoisotopic (exact) mass is 252 g/mol. The van der Waals surface area contributed by atoms with E-state index in [1.54, 1.807) is 0 Å². The van der Waals surface area contributed by atoms with Crippen molar-refractivity contribution >= 4 is 0 Å². The number of nitrogens with one attached hydrogen (secondary N) is 1. The van der Waals surface area contributed by atoms with E-state index in [0.29, 0.717) is 12.1 Å². The Balaban J connectivity index is 2.43. The van der Waals surface area contributed by atoms with Gasteiger partial charge in [0.25, 0.3) is 0 Å². The van der Waals surface area contributed by atoms with Gasteiger partial charge in [-0.1, -0.05) is 27.2 Å². The predicted molar refractivity (Wildman–Crippen MR) is 76.5 cm³/mol. The fraction of sp³-hybridized carbons (Fsp3) is 0.733. The second-order valence-electron chi connectivity index (χ2n) is 5.46. The lowest BCUT2D eigenvalue weighted by atomic mass is 10.2. The molecule has 0 aliphatic carbocycles. The first-order valence-corrected chi connectivity index (χ1v) is 7.04. The highest BCUT2D eigenvalue weighted by molar-refractivity contribution is 5.07. The molecular weight excluding hydrogens is 224 g/mol. The molecule has 1 atom stereocenters. The van der Waals surface area contributed by atoms with Crippen molar-refractivity contribution in [2.45, 2.75) is 65.7 Å². The van der Waals surface area contributed by atoms with E-state index in [-0.39, 0.29) is 0 Å². The summed E-state index contributed by atoms with van der Waals surface area (Å²) in [6, 6.07) is 5.26. The van der Waals surface area contributed by atoms with E-state index in [0.717, 1.165) is 24.6 Å². The molecule has 0 aliphatic heterocycles. The molecule has 0 saturated carbocycles. The second-order valence-corrected chi connectivity index (χ2v) is 5.46. The first-order valence-electron chi connectivity index (χ1n) is 7.04. The third kappa shape index (κ3) is 5.23. The highest BCUT2D eigenvalue weighted by atomic mass is 16.3. The smallest absolute Gasteiger partial charge is 0.118 e. The SMILES string of the molecule is CCCC(C)N(C)Cc1ccc(CNC(C)C)o1. The van der Waals surface area contributed by atoms with Gasteiger partial charge in [0.15, 0.2) is 0 Å². The Morgan fingerprint density at radius 3 is 2.50 bits per heavy atom. The fourth-order valence-corrected chi connectivity index (χ4v) is 1.95. The van der Waals surface area contributed by atoms with Gasteiger partial charge >= 0.3 is 0 Å². The van der Waals surface area contributed by atoms with Crippen LogP contribution in [0, 0.1) is 0 Å². The van der Waals surface area contributed by atoms with Crippen LogP contribution < -0.4 is 5.32 Å². The van der Waals surface area contributed by atoms with Gasteiger partial charge in [0.2, 0.25) is 0 Å². The van der Waals surface area contributed by atoms with Crippen LogP contribution in [0.4, 0.5) is 0 Å². The minimum atomic E-state index is 0.491. The van der Waals surface area contributed by atoms with E-state index < -0.39 is 0 Å². The van der Waals surface area contributed by atoms with Crippen LogP contribution in [-0.4, -0.2) is 24.0 Å². The lowest BCUT2D eigenvalue weighted by Gasteiger charge is -2.23. The number of rotatable bonds is 8. The molecule has 0 aromatic carbocycles. The number of nitrogens with zero attached hydrogens (tertiary/aromatic N) is 1. The molecule has 104 valence electrons. The van der Waals surface area contributed by atoms with Gasteiger partial charge in [-0.05, 0) is 32.5 Å². The number of furan rings is 1. The summed E-state index contributed by atoms with van der Waals surface area (Å²) >= 11 is 0. The highest BCUT2D eigenvalue weighted by Crippen LogP contribution is 2.13. The van der Waals surface area contributed by atoms with Crippen LogP contribution in [-0.2, 0) is 13.1 Å². The molecule has 1 aromatic heterocycles. The van der Waals surface area contributed by atoms with Crippen molar-refractivity contribution in [3.05, 3.63) is 23.7 Å². The van der Waals surface area contributed by atoms with Gasteiger partial charge in [-0.15, -0.1) is 0 Å². The van der Waals surface area contributed by atoms with Crippen LogP contribution in [0.1, 0.15) is 52.1 Å². The Hall–Kier alpha value is -0.800. The van der Waals surface area contributed by atoms with Gasteiger partial charge in [-0.25, -0.2) is 0 Å². The Morgan fingerprint density at radius 1 is 1.22 bits per heavy atom. The molecule has 1 unspecified atom stereocenters. The normalized spacial score (nSPS) is 13.5. The van der Waals surface area contributed by atoms with E-state index in [9.17, 15) is 0 Å². The number of hydrogen-bond donors (Lipinski definition) is 1. The molecule has 0 fully saturated rings. The molecule has 18 heavy (non-hydrogen) atoms. The predicted octanol–water partition coefficient (Wildman–Crippen LogP) is 3.40. The van der Waals surface area contributed by atoms with E-state index in [1.807, 2.05) is 0 Å². The van der Waals surface area contributed by atoms with Crippen molar-refractivity contribution < 1.29 is 4.42 Å².